The van der Waals surface area contributed by atoms with Crippen molar-refractivity contribution in [3.63, 3.8) is 0 Å². The molecule has 0 aliphatic carbocycles. The highest BCUT2D eigenvalue weighted by molar-refractivity contribution is 5.95. The van der Waals surface area contributed by atoms with Crippen LogP contribution >= 0.6 is 0 Å². The monoisotopic (exact) mass is 370 g/mol. The van der Waals surface area contributed by atoms with Crippen molar-refractivity contribution in [3.05, 3.63) is 35.7 Å². The van der Waals surface area contributed by atoms with E-state index in [1.54, 1.807) is 15.6 Å². The molecule has 1 aliphatic rings. The Bertz CT molecular complexity index is 790. The van der Waals surface area contributed by atoms with Crippen LogP contribution in [0.1, 0.15) is 48.5 Å². The maximum atomic E-state index is 12.9. The van der Waals surface area contributed by atoms with E-state index in [1.165, 1.54) is 6.33 Å². The predicted molar refractivity (Wildman–Crippen MR) is 100 cm³/mol. The van der Waals surface area contributed by atoms with Gasteiger partial charge in [0, 0.05) is 25.2 Å². The molecule has 0 radical (unpaired) electrons. The Balaban J connectivity index is 1.66. The molecular formula is C19H26N6O2. The minimum absolute atomic E-state index is 0.0348. The van der Waals surface area contributed by atoms with Gasteiger partial charge in [-0.25, -0.2) is 4.68 Å². The minimum atomic E-state index is -0.124. The third-order valence-corrected chi connectivity index (χ3v) is 4.95. The van der Waals surface area contributed by atoms with Gasteiger partial charge in [-0.3, -0.25) is 9.59 Å². The van der Waals surface area contributed by atoms with E-state index in [2.05, 4.69) is 27.8 Å². The first-order valence-corrected chi connectivity index (χ1v) is 9.51. The lowest BCUT2D eigenvalue weighted by Crippen LogP contribution is -2.45. The second-order valence-electron chi connectivity index (χ2n) is 6.99. The quantitative estimate of drug-likeness (QED) is 0.782. The van der Waals surface area contributed by atoms with E-state index in [1.807, 2.05) is 19.1 Å². The van der Waals surface area contributed by atoms with Gasteiger partial charge >= 0.3 is 0 Å². The Morgan fingerprint density at radius 2 is 2.19 bits per heavy atom. The molecule has 3 rings (SSSR count). The van der Waals surface area contributed by atoms with Crippen molar-refractivity contribution in [1.82, 2.24) is 30.4 Å². The SMILES string of the molecule is CCCCNC(=O)C1CCCN(C(=O)c2ccc(-n3cnnn3)c(C)c2)C1. The summed E-state index contributed by atoms with van der Waals surface area (Å²) >= 11 is 0. The molecule has 8 heteroatoms. The van der Waals surface area contributed by atoms with Gasteiger partial charge in [0.25, 0.3) is 5.91 Å². The molecule has 1 fully saturated rings. The predicted octanol–water partition coefficient (Wildman–Crippen LogP) is 1.74. The first-order chi connectivity index (χ1) is 13.1. The number of rotatable bonds is 6. The largest absolute Gasteiger partial charge is 0.356 e. The fourth-order valence-corrected chi connectivity index (χ4v) is 3.41. The number of nitrogens with one attached hydrogen (secondary N) is 1. The molecule has 2 aromatic rings. The van der Waals surface area contributed by atoms with Gasteiger partial charge in [0.15, 0.2) is 0 Å². The number of aromatic nitrogens is 4. The Morgan fingerprint density at radius 1 is 1.33 bits per heavy atom. The van der Waals surface area contributed by atoms with E-state index in [-0.39, 0.29) is 17.7 Å². The summed E-state index contributed by atoms with van der Waals surface area (Å²) in [6.45, 7) is 5.89. The maximum absolute atomic E-state index is 12.9. The average Bonchev–Trinajstić information content (AvgIpc) is 3.22. The van der Waals surface area contributed by atoms with Crippen LogP contribution in [0.3, 0.4) is 0 Å². The summed E-state index contributed by atoms with van der Waals surface area (Å²) in [4.78, 5) is 27.1. The van der Waals surface area contributed by atoms with Crippen molar-refractivity contribution in [2.75, 3.05) is 19.6 Å². The number of benzene rings is 1. The van der Waals surface area contributed by atoms with Gasteiger partial charge in [-0.1, -0.05) is 13.3 Å². The first-order valence-electron chi connectivity index (χ1n) is 9.51. The van der Waals surface area contributed by atoms with E-state index in [9.17, 15) is 9.59 Å². The van der Waals surface area contributed by atoms with Gasteiger partial charge in [-0.05, 0) is 60.4 Å². The van der Waals surface area contributed by atoms with Crippen LogP contribution in [0, 0.1) is 12.8 Å². The van der Waals surface area contributed by atoms with Crippen LogP contribution in [0.4, 0.5) is 0 Å². The van der Waals surface area contributed by atoms with Gasteiger partial charge < -0.3 is 10.2 Å². The number of nitrogens with zero attached hydrogens (tertiary/aromatic N) is 5. The Kier molecular flexibility index (Phi) is 6.16. The van der Waals surface area contributed by atoms with Crippen LogP contribution < -0.4 is 5.32 Å². The normalized spacial score (nSPS) is 17.0. The molecule has 8 nitrogen and oxygen atoms in total. The maximum Gasteiger partial charge on any atom is 0.253 e. The molecule has 1 aromatic carbocycles. The lowest BCUT2D eigenvalue weighted by atomic mass is 9.96. The molecule has 2 heterocycles. The number of carbonyl (C=O) groups is 2. The van der Waals surface area contributed by atoms with Crippen molar-refractivity contribution >= 4 is 11.8 Å². The van der Waals surface area contributed by atoms with Gasteiger partial charge in [0.2, 0.25) is 5.91 Å². The van der Waals surface area contributed by atoms with E-state index in [4.69, 9.17) is 0 Å². The second kappa shape index (κ2) is 8.75. The highest BCUT2D eigenvalue weighted by Gasteiger charge is 2.28. The Morgan fingerprint density at radius 3 is 2.89 bits per heavy atom. The van der Waals surface area contributed by atoms with E-state index in [0.717, 1.165) is 36.9 Å². The number of carbonyl (C=O) groups excluding carboxylic acids is 2. The number of likely N-dealkylation sites (tertiary alicyclic amines) is 1. The summed E-state index contributed by atoms with van der Waals surface area (Å²) in [6.07, 6.45) is 5.23. The number of hydrogen-bond donors (Lipinski definition) is 1. The van der Waals surface area contributed by atoms with E-state index >= 15 is 0 Å². The molecular weight excluding hydrogens is 344 g/mol. The molecule has 27 heavy (non-hydrogen) atoms. The summed E-state index contributed by atoms with van der Waals surface area (Å²) in [5.41, 5.74) is 2.37. The van der Waals surface area contributed by atoms with Crippen LogP contribution in [0.25, 0.3) is 5.69 Å². The molecule has 1 aliphatic heterocycles. The molecule has 144 valence electrons. The molecule has 2 amide bonds. The zero-order valence-corrected chi connectivity index (χ0v) is 15.9. The lowest BCUT2D eigenvalue weighted by molar-refractivity contribution is -0.126. The number of aryl methyl sites for hydroxylation is 1. The van der Waals surface area contributed by atoms with Crippen molar-refractivity contribution < 1.29 is 9.59 Å². The van der Waals surface area contributed by atoms with Crippen molar-refractivity contribution in [2.24, 2.45) is 5.92 Å². The van der Waals surface area contributed by atoms with Crippen LogP contribution in [0.2, 0.25) is 0 Å². The Hall–Kier alpha value is -2.77. The third-order valence-electron chi connectivity index (χ3n) is 4.95. The van der Waals surface area contributed by atoms with E-state index in [0.29, 0.717) is 25.2 Å². The fraction of sp³-hybridized carbons (Fsp3) is 0.526. The van der Waals surface area contributed by atoms with Crippen molar-refractivity contribution in [2.45, 2.75) is 39.5 Å². The second-order valence-corrected chi connectivity index (χ2v) is 6.99. The topological polar surface area (TPSA) is 93.0 Å². The smallest absolute Gasteiger partial charge is 0.253 e. The number of tetrazole rings is 1. The molecule has 0 spiro atoms. The summed E-state index contributed by atoms with van der Waals surface area (Å²) in [6, 6.07) is 5.49. The van der Waals surface area contributed by atoms with Gasteiger partial charge in [-0.15, -0.1) is 5.10 Å². The lowest BCUT2D eigenvalue weighted by Gasteiger charge is -2.32. The molecule has 1 aromatic heterocycles. The van der Waals surface area contributed by atoms with E-state index < -0.39 is 0 Å². The standard InChI is InChI=1S/C19H26N6O2/c1-3-4-9-20-18(26)16-6-5-10-24(12-16)19(27)15-7-8-17(14(2)11-15)25-13-21-22-23-25/h7-8,11,13,16H,3-6,9-10,12H2,1-2H3,(H,20,26). The molecule has 0 saturated carbocycles. The molecule has 1 N–H and O–H groups in total. The van der Waals surface area contributed by atoms with Crippen LogP contribution in [0.5, 0.6) is 0 Å². The number of unbranched alkanes of at least 4 members (excludes halogenated alkanes) is 1. The van der Waals surface area contributed by atoms with Crippen LogP contribution in [-0.4, -0.2) is 56.6 Å². The molecule has 1 saturated heterocycles. The molecule has 0 bridgehead atoms. The summed E-state index contributed by atoms with van der Waals surface area (Å²) < 4.78 is 1.57. The third kappa shape index (κ3) is 4.50. The Labute approximate surface area is 158 Å². The van der Waals surface area contributed by atoms with Gasteiger partial charge in [0.05, 0.1) is 11.6 Å². The van der Waals surface area contributed by atoms with Gasteiger partial charge in [0.1, 0.15) is 6.33 Å². The minimum Gasteiger partial charge on any atom is -0.356 e. The first kappa shape index (κ1) is 19.0. The zero-order chi connectivity index (χ0) is 19.2. The fourth-order valence-electron chi connectivity index (χ4n) is 3.41. The highest BCUT2D eigenvalue weighted by Crippen LogP contribution is 2.21. The highest BCUT2D eigenvalue weighted by atomic mass is 16.2. The van der Waals surface area contributed by atoms with Crippen molar-refractivity contribution in [1.29, 1.82) is 0 Å². The van der Waals surface area contributed by atoms with Crippen molar-refractivity contribution in [3.8, 4) is 5.69 Å². The number of piperidine rings is 1. The van der Waals surface area contributed by atoms with Gasteiger partial charge in [-0.2, -0.15) is 0 Å². The summed E-state index contributed by atoms with van der Waals surface area (Å²) in [7, 11) is 0. The zero-order valence-electron chi connectivity index (χ0n) is 15.9. The summed E-state index contributed by atoms with van der Waals surface area (Å²) in [5, 5.41) is 14.2. The number of amides is 2. The molecule has 1 unspecified atom stereocenters. The average molecular weight is 370 g/mol. The number of hydrogen-bond acceptors (Lipinski definition) is 5. The molecule has 1 atom stereocenters. The van der Waals surface area contributed by atoms with Crippen LogP contribution in [-0.2, 0) is 4.79 Å². The summed E-state index contributed by atoms with van der Waals surface area (Å²) in [5.74, 6) is -0.0975. The van der Waals surface area contributed by atoms with Crippen LogP contribution in [0.15, 0.2) is 24.5 Å².